The van der Waals surface area contributed by atoms with Crippen molar-refractivity contribution in [2.45, 2.75) is 63.8 Å². The third-order valence-electron chi connectivity index (χ3n) is 5.49. The minimum Gasteiger partial charge on any atom is -0.355 e. The lowest BCUT2D eigenvalue weighted by Crippen LogP contribution is -2.45. The number of carbonyl (C=O) groups excluding carboxylic acids is 3. The summed E-state index contributed by atoms with van der Waals surface area (Å²) in [5.41, 5.74) is 0.524. The van der Waals surface area contributed by atoms with Crippen molar-refractivity contribution in [1.29, 1.82) is 0 Å². The van der Waals surface area contributed by atoms with Gasteiger partial charge in [0.25, 0.3) is 5.91 Å². The van der Waals surface area contributed by atoms with Crippen LogP contribution in [0.4, 0.5) is 5.69 Å². The SMILES string of the molecule is CNC(=O)c1ccc(NC(=O)CCc2nc(C3(NC(C)=O)CCCCCC3)no2)cc1. The van der Waals surface area contributed by atoms with Crippen LogP contribution < -0.4 is 16.0 Å². The summed E-state index contributed by atoms with van der Waals surface area (Å²) in [7, 11) is 1.56. The summed E-state index contributed by atoms with van der Waals surface area (Å²) >= 11 is 0. The molecule has 1 aromatic heterocycles. The molecule has 3 rings (SSSR count). The van der Waals surface area contributed by atoms with E-state index in [0.717, 1.165) is 38.5 Å². The number of carbonyl (C=O) groups is 3. The van der Waals surface area contributed by atoms with Crippen molar-refractivity contribution in [1.82, 2.24) is 20.8 Å². The smallest absolute Gasteiger partial charge is 0.251 e. The topological polar surface area (TPSA) is 126 Å². The molecule has 2 aromatic rings. The maximum atomic E-state index is 12.3. The van der Waals surface area contributed by atoms with Crippen LogP contribution in [0.3, 0.4) is 0 Å². The van der Waals surface area contributed by atoms with Gasteiger partial charge in [-0.15, -0.1) is 0 Å². The van der Waals surface area contributed by atoms with Crippen LogP contribution in [0.15, 0.2) is 28.8 Å². The molecule has 1 heterocycles. The van der Waals surface area contributed by atoms with Crippen LogP contribution in [0.25, 0.3) is 0 Å². The largest absolute Gasteiger partial charge is 0.355 e. The van der Waals surface area contributed by atoms with Crippen molar-refractivity contribution in [3.63, 3.8) is 0 Å². The zero-order valence-electron chi connectivity index (χ0n) is 18.0. The van der Waals surface area contributed by atoms with E-state index in [1.54, 1.807) is 31.3 Å². The average Bonchev–Trinajstić information content (AvgIpc) is 3.12. The number of nitrogens with zero attached hydrogens (tertiary/aromatic N) is 2. The van der Waals surface area contributed by atoms with Crippen LogP contribution in [0.1, 0.15) is 73.9 Å². The van der Waals surface area contributed by atoms with E-state index >= 15 is 0 Å². The molecule has 1 saturated carbocycles. The van der Waals surface area contributed by atoms with Gasteiger partial charge >= 0.3 is 0 Å². The van der Waals surface area contributed by atoms with Crippen LogP contribution >= 0.6 is 0 Å². The van der Waals surface area contributed by atoms with Crippen molar-refractivity contribution in [3.8, 4) is 0 Å². The minimum atomic E-state index is -0.598. The van der Waals surface area contributed by atoms with Crippen molar-refractivity contribution < 1.29 is 18.9 Å². The molecular weight excluding hydrogens is 398 g/mol. The van der Waals surface area contributed by atoms with Gasteiger partial charge in [0.05, 0.1) is 0 Å². The summed E-state index contributed by atoms with van der Waals surface area (Å²) in [6.45, 7) is 1.50. The lowest BCUT2D eigenvalue weighted by Gasteiger charge is -2.30. The predicted molar refractivity (Wildman–Crippen MR) is 114 cm³/mol. The van der Waals surface area contributed by atoms with E-state index in [2.05, 4.69) is 26.1 Å². The highest BCUT2D eigenvalue weighted by molar-refractivity contribution is 5.95. The van der Waals surface area contributed by atoms with Crippen LogP contribution in [-0.4, -0.2) is 34.9 Å². The van der Waals surface area contributed by atoms with Gasteiger partial charge in [-0.3, -0.25) is 14.4 Å². The first kappa shape index (κ1) is 22.5. The zero-order valence-corrected chi connectivity index (χ0v) is 18.0. The van der Waals surface area contributed by atoms with Crippen molar-refractivity contribution >= 4 is 23.4 Å². The maximum Gasteiger partial charge on any atom is 0.251 e. The van der Waals surface area contributed by atoms with E-state index in [1.807, 2.05) is 0 Å². The second-order valence-corrected chi connectivity index (χ2v) is 7.89. The fourth-order valence-electron chi connectivity index (χ4n) is 3.92. The standard InChI is InChI=1S/C22H29N5O4/c1-15(28)26-22(13-5-3-4-6-14-22)21-25-19(31-27-21)12-11-18(29)24-17-9-7-16(8-10-17)20(30)23-2/h7-10H,3-6,11-14H2,1-2H3,(H,23,30)(H,24,29)(H,26,28). The van der Waals surface area contributed by atoms with Gasteiger partial charge in [-0.1, -0.05) is 30.8 Å². The molecule has 1 aliphatic carbocycles. The number of aromatic nitrogens is 2. The quantitative estimate of drug-likeness (QED) is 0.583. The molecular formula is C22H29N5O4. The van der Waals surface area contributed by atoms with E-state index in [4.69, 9.17) is 4.52 Å². The summed E-state index contributed by atoms with van der Waals surface area (Å²) in [6, 6.07) is 6.65. The predicted octanol–water partition coefficient (Wildman–Crippen LogP) is 2.69. The molecule has 0 radical (unpaired) electrons. The highest BCUT2D eigenvalue weighted by atomic mass is 16.5. The number of aryl methyl sites for hydroxylation is 1. The van der Waals surface area contributed by atoms with Gasteiger partial charge in [0.1, 0.15) is 5.54 Å². The number of anilines is 1. The summed E-state index contributed by atoms with van der Waals surface area (Å²) in [6.07, 6.45) is 6.25. The number of hydrogen-bond donors (Lipinski definition) is 3. The Morgan fingerprint density at radius 1 is 1.06 bits per heavy atom. The monoisotopic (exact) mass is 427 g/mol. The summed E-state index contributed by atoms with van der Waals surface area (Å²) in [5.74, 6) is 0.364. The van der Waals surface area contributed by atoms with Crippen LogP contribution in [-0.2, 0) is 21.5 Å². The molecule has 1 aromatic carbocycles. The van der Waals surface area contributed by atoms with Gasteiger partial charge in [-0.05, 0) is 37.1 Å². The maximum absolute atomic E-state index is 12.3. The molecule has 0 unspecified atom stereocenters. The average molecular weight is 428 g/mol. The molecule has 1 fully saturated rings. The molecule has 3 N–H and O–H groups in total. The van der Waals surface area contributed by atoms with Crippen LogP contribution in [0.2, 0.25) is 0 Å². The van der Waals surface area contributed by atoms with Crippen molar-refractivity contribution in [3.05, 3.63) is 41.5 Å². The Bertz CT molecular complexity index is 914. The van der Waals surface area contributed by atoms with E-state index in [9.17, 15) is 14.4 Å². The first-order valence-electron chi connectivity index (χ1n) is 10.7. The molecule has 166 valence electrons. The van der Waals surface area contributed by atoms with Crippen molar-refractivity contribution in [2.24, 2.45) is 0 Å². The Labute approximate surface area is 181 Å². The first-order valence-corrected chi connectivity index (χ1v) is 10.7. The number of amides is 3. The first-order chi connectivity index (χ1) is 14.9. The summed E-state index contributed by atoms with van der Waals surface area (Å²) in [4.78, 5) is 40.2. The fraction of sp³-hybridized carbons (Fsp3) is 0.500. The Morgan fingerprint density at radius 2 is 1.74 bits per heavy atom. The number of benzene rings is 1. The van der Waals surface area contributed by atoms with Gasteiger partial charge < -0.3 is 20.5 Å². The van der Waals surface area contributed by atoms with E-state index in [1.165, 1.54) is 6.92 Å². The van der Waals surface area contributed by atoms with Gasteiger partial charge in [0.15, 0.2) is 5.82 Å². The van der Waals surface area contributed by atoms with Gasteiger partial charge in [-0.2, -0.15) is 4.98 Å². The summed E-state index contributed by atoms with van der Waals surface area (Å²) < 4.78 is 5.38. The minimum absolute atomic E-state index is 0.116. The molecule has 0 spiro atoms. The highest BCUT2D eigenvalue weighted by Gasteiger charge is 2.38. The molecule has 0 atom stereocenters. The highest BCUT2D eigenvalue weighted by Crippen LogP contribution is 2.34. The Morgan fingerprint density at radius 3 is 2.35 bits per heavy atom. The molecule has 31 heavy (non-hydrogen) atoms. The molecule has 1 aliphatic rings. The Balaban J connectivity index is 1.59. The second kappa shape index (κ2) is 10.2. The third-order valence-corrected chi connectivity index (χ3v) is 5.49. The molecule has 9 heteroatoms. The van der Waals surface area contributed by atoms with Gasteiger partial charge in [0, 0.05) is 38.1 Å². The van der Waals surface area contributed by atoms with Gasteiger partial charge in [-0.25, -0.2) is 0 Å². The Kier molecular flexibility index (Phi) is 7.38. The zero-order chi connectivity index (χ0) is 22.3. The van der Waals surface area contributed by atoms with Crippen LogP contribution in [0, 0.1) is 0 Å². The third kappa shape index (κ3) is 5.90. The molecule has 0 saturated heterocycles. The van der Waals surface area contributed by atoms with Gasteiger partial charge in [0.2, 0.25) is 17.7 Å². The number of rotatable bonds is 7. The molecule has 3 amide bonds. The molecule has 0 bridgehead atoms. The Hall–Kier alpha value is -3.23. The van der Waals surface area contributed by atoms with E-state index in [-0.39, 0.29) is 24.1 Å². The fourth-order valence-corrected chi connectivity index (χ4v) is 3.92. The lowest BCUT2D eigenvalue weighted by molar-refractivity contribution is -0.121. The van der Waals surface area contributed by atoms with E-state index < -0.39 is 5.54 Å². The second-order valence-electron chi connectivity index (χ2n) is 7.89. The normalized spacial score (nSPS) is 15.5. The van der Waals surface area contributed by atoms with Crippen LogP contribution in [0.5, 0.6) is 0 Å². The van der Waals surface area contributed by atoms with E-state index in [0.29, 0.717) is 29.4 Å². The number of nitrogens with one attached hydrogen (secondary N) is 3. The number of hydrogen-bond acceptors (Lipinski definition) is 6. The van der Waals surface area contributed by atoms with Crippen molar-refractivity contribution in [2.75, 3.05) is 12.4 Å². The lowest BCUT2D eigenvalue weighted by atomic mass is 9.89. The summed E-state index contributed by atoms with van der Waals surface area (Å²) in [5, 5.41) is 12.5. The molecule has 9 nitrogen and oxygen atoms in total. The molecule has 0 aliphatic heterocycles.